The van der Waals surface area contributed by atoms with Crippen molar-refractivity contribution in [1.82, 2.24) is 0 Å². The van der Waals surface area contributed by atoms with Gasteiger partial charge in [-0.3, -0.25) is 0 Å². The predicted octanol–water partition coefficient (Wildman–Crippen LogP) is 3.16. The van der Waals surface area contributed by atoms with Crippen LogP contribution in [0.15, 0.2) is 24.8 Å². The molecule has 4 atom stereocenters. The van der Waals surface area contributed by atoms with Gasteiger partial charge in [0.1, 0.15) is 0 Å². The van der Waals surface area contributed by atoms with E-state index >= 15 is 0 Å². The van der Waals surface area contributed by atoms with Gasteiger partial charge in [-0.25, -0.2) is 0 Å². The van der Waals surface area contributed by atoms with Gasteiger partial charge in [0.2, 0.25) is 0 Å². The summed E-state index contributed by atoms with van der Waals surface area (Å²) in [6.07, 6.45) is 8.40. The van der Waals surface area contributed by atoms with Crippen LogP contribution in [-0.4, -0.2) is 10.7 Å². The molecule has 0 saturated heterocycles. The Morgan fingerprint density at radius 1 is 1.53 bits per heavy atom. The summed E-state index contributed by atoms with van der Waals surface area (Å²) in [4.78, 5) is 0. The maximum Gasteiger partial charge on any atom is 0.0692 e. The van der Waals surface area contributed by atoms with Crippen molar-refractivity contribution in [3.05, 3.63) is 24.8 Å². The molecule has 1 N–H and O–H groups in total. The molecule has 15 heavy (non-hydrogen) atoms. The molecule has 1 heteroatoms. The van der Waals surface area contributed by atoms with Gasteiger partial charge in [0.25, 0.3) is 0 Å². The average molecular weight is 206 g/mol. The van der Waals surface area contributed by atoms with E-state index < -0.39 is 5.60 Å². The van der Waals surface area contributed by atoms with Crippen LogP contribution in [-0.2, 0) is 0 Å². The molecular weight excluding hydrogens is 184 g/mol. The molecule has 0 aromatic heterocycles. The van der Waals surface area contributed by atoms with Gasteiger partial charge in [0.15, 0.2) is 0 Å². The zero-order chi connectivity index (χ0) is 11.3. The standard InChI is InChI=1S/C14H22O/c1-5-8-14(4,15)12-10-6-7-11(9-10)13(12,2)3/h5-7,10-12,15H,1,8-9H2,2-4H3. The minimum Gasteiger partial charge on any atom is -0.390 e. The van der Waals surface area contributed by atoms with E-state index in [9.17, 15) is 5.11 Å². The summed E-state index contributed by atoms with van der Waals surface area (Å²) in [5, 5.41) is 10.6. The molecular formula is C14H22O. The van der Waals surface area contributed by atoms with Gasteiger partial charge in [0.05, 0.1) is 5.60 Å². The summed E-state index contributed by atoms with van der Waals surface area (Å²) >= 11 is 0. The Morgan fingerprint density at radius 3 is 2.67 bits per heavy atom. The highest BCUT2D eigenvalue weighted by Crippen LogP contribution is 2.59. The maximum atomic E-state index is 10.6. The van der Waals surface area contributed by atoms with Crippen LogP contribution in [0.3, 0.4) is 0 Å². The summed E-state index contributed by atoms with van der Waals surface area (Å²) in [6.45, 7) is 10.3. The lowest BCUT2D eigenvalue weighted by molar-refractivity contribution is -0.0561. The molecule has 2 aliphatic rings. The van der Waals surface area contributed by atoms with Crippen LogP contribution in [0, 0.1) is 23.2 Å². The average Bonchev–Trinajstić information content (AvgIpc) is 2.59. The number of allylic oxidation sites excluding steroid dienone is 2. The van der Waals surface area contributed by atoms with Gasteiger partial charge < -0.3 is 5.11 Å². The summed E-state index contributed by atoms with van der Waals surface area (Å²) in [6, 6.07) is 0. The molecule has 2 aliphatic carbocycles. The molecule has 2 bridgehead atoms. The highest BCUT2D eigenvalue weighted by molar-refractivity contribution is 5.20. The van der Waals surface area contributed by atoms with E-state index in [-0.39, 0.29) is 5.41 Å². The van der Waals surface area contributed by atoms with Crippen LogP contribution in [0.1, 0.15) is 33.6 Å². The first-order chi connectivity index (χ1) is 6.89. The van der Waals surface area contributed by atoms with E-state index in [2.05, 4.69) is 32.6 Å². The fraction of sp³-hybridized carbons (Fsp3) is 0.714. The van der Waals surface area contributed by atoms with Crippen LogP contribution >= 0.6 is 0 Å². The lowest BCUT2D eigenvalue weighted by Gasteiger charge is -2.44. The molecule has 0 radical (unpaired) electrons. The van der Waals surface area contributed by atoms with Gasteiger partial charge in [-0.05, 0) is 42.9 Å². The van der Waals surface area contributed by atoms with Crippen molar-refractivity contribution >= 4 is 0 Å². The van der Waals surface area contributed by atoms with Crippen molar-refractivity contribution in [3.63, 3.8) is 0 Å². The van der Waals surface area contributed by atoms with E-state index in [1.165, 1.54) is 6.42 Å². The Balaban J connectivity index is 2.29. The molecule has 1 saturated carbocycles. The maximum absolute atomic E-state index is 10.6. The Labute approximate surface area is 92.9 Å². The lowest BCUT2D eigenvalue weighted by Crippen LogP contribution is -2.45. The van der Waals surface area contributed by atoms with E-state index in [1.807, 2.05) is 13.0 Å². The molecule has 1 fully saturated rings. The molecule has 4 unspecified atom stereocenters. The third-order valence-electron chi connectivity index (χ3n) is 4.53. The normalized spacial score (nSPS) is 40.4. The fourth-order valence-electron chi connectivity index (χ4n) is 3.99. The Morgan fingerprint density at radius 2 is 2.20 bits per heavy atom. The second-order valence-corrected chi connectivity index (χ2v) is 6.04. The minimum absolute atomic E-state index is 0.228. The highest BCUT2D eigenvalue weighted by atomic mass is 16.3. The van der Waals surface area contributed by atoms with Crippen molar-refractivity contribution < 1.29 is 5.11 Å². The largest absolute Gasteiger partial charge is 0.390 e. The molecule has 0 aromatic rings. The molecule has 0 amide bonds. The smallest absolute Gasteiger partial charge is 0.0692 e. The second kappa shape index (κ2) is 3.21. The van der Waals surface area contributed by atoms with Gasteiger partial charge in [-0.1, -0.05) is 32.1 Å². The number of aliphatic hydroxyl groups is 1. The number of fused-ring (bicyclic) bond motifs is 2. The molecule has 0 spiro atoms. The van der Waals surface area contributed by atoms with Crippen LogP contribution in [0.4, 0.5) is 0 Å². The number of rotatable bonds is 3. The van der Waals surface area contributed by atoms with Crippen molar-refractivity contribution in [2.45, 2.75) is 39.2 Å². The van der Waals surface area contributed by atoms with E-state index in [1.54, 1.807) is 0 Å². The van der Waals surface area contributed by atoms with Crippen molar-refractivity contribution in [3.8, 4) is 0 Å². The summed E-state index contributed by atoms with van der Waals surface area (Å²) < 4.78 is 0. The Bertz CT molecular complexity index is 298. The highest BCUT2D eigenvalue weighted by Gasteiger charge is 2.56. The van der Waals surface area contributed by atoms with Gasteiger partial charge in [0, 0.05) is 0 Å². The lowest BCUT2D eigenvalue weighted by atomic mass is 9.64. The molecule has 0 aromatic carbocycles. The molecule has 0 aliphatic heterocycles. The summed E-state index contributed by atoms with van der Waals surface area (Å²) in [5.41, 5.74) is -0.374. The minimum atomic E-state index is -0.602. The van der Waals surface area contributed by atoms with Crippen molar-refractivity contribution in [1.29, 1.82) is 0 Å². The summed E-state index contributed by atoms with van der Waals surface area (Å²) in [5.74, 6) is 1.60. The topological polar surface area (TPSA) is 20.2 Å². The first kappa shape index (κ1) is 10.9. The SMILES string of the molecule is C=CCC(C)(O)C1C2C=CC(C2)C1(C)C. The van der Waals surface area contributed by atoms with Crippen LogP contribution in [0.5, 0.6) is 0 Å². The molecule has 1 nitrogen and oxygen atoms in total. The van der Waals surface area contributed by atoms with Gasteiger partial charge in [-0.15, -0.1) is 6.58 Å². The molecule has 0 heterocycles. The third kappa shape index (κ3) is 1.48. The number of hydrogen-bond acceptors (Lipinski definition) is 1. The van der Waals surface area contributed by atoms with Crippen molar-refractivity contribution in [2.24, 2.45) is 23.2 Å². The first-order valence-corrected chi connectivity index (χ1v) is 5.91. The van der Waals surface area contributed by atoms with Gasteiger partial charge >= 0.3 is 0 Å². The van der Waals surface area contributed by atoms with Crippen molar-refractivity contribution in [2.75, 3.05) is 0 Å². The quantitative estimate of drug-likeness (QED) is 0.703. The number of hydrogen-bond donors (Lipinski definition) is 1. The van der Waals surface area contributed by atoms with Crippen LogP contribution in [0.25, 0.3) is 0 Å². The molecule has 84 valence electrons. The Hall–Kier alpha value is -0.560. The van der Waals surface area contributed by atoms with Gasteiger partial charge in [-0.2, -0.15) is 0 Å². The predicted molar refractivity (Wildman–Crippen MR) is 63.4 cm³/mol. The fourth-order valence-corrected chi connectivity index (χ4v) is 3.99. The molecule has 2 rings (SSSR count). The second-order valence-electron chi connectivity index (χ2n) is 6.04. The van der Waals surface area contributed by atoms with E-state index in [4.69, 9.17) is 0 Å². The third-order valence-corrected chi connectivity index (χ3v) is 4.53. The summed E-state index contributed by atoms with van der Waals surface area (Å²) in [7, 11) is 0. The van der Waals surface area contributed by atoms with Crippen LogP contribution < -0.4 is 0 Å². The van der Waals surface area contributed by atoms with E-state index in [0.717, 1.165) is 0 Å². The zero-order valence-electron chi connectivity index (χ0n) is 10.0. The Kier molecular flexibility index (Phi) is 2.34. The zero-order valence-corrected chi connectivity index (χ0v) is 10.0. The first-order valence-electron chi connectivity index (χ1n) is 5.91. The van der Waals surface area contributed by atoms with Crippen LogP contribution in [0.2, 0.25) is 0 Å². The monoisotopic (exact) mass is 206 g/mol. The van der Waals surface area contributed by atoms with E-state index in [0.29, 0.717) is 24.2 Å².